The topological polar surface area (TPSA) is 53.2 Å². The van der Waals surface area contributed by atoms with Crippen molar-refractivity contribution >= 4 is 46.5 Å². The summed E-state index contributed by atoms with van der Waals surface area (Å²) in [5, 5.41) is 10.8. The first kappa shape index (κ1) is 17.4. The molecule has 1 aliphatic heterocycles. The average molecular weight is 385 g/mol. The first-order valence-corrected chi connectivity index (χ1v) is 8.65. The van der Waals surface area contributed by atoms with Crippen molar-refractivity contribution in [3.8, 4) is 0 Å². The molecule has 3 rings (SSSR count). The molecule has 2 aromatic rings. The number of benzene rings is 2. The van der Waals surface area contributed by atoms with Gasteiger partial charge in [-0.15, -0.1) is 0 Å². The van der Waals surface area contributed by atoms with Crippen molar-refractivity contribution in [3.63, 3.8) is 0 Å². The van der Waals surface area contributed by atoms with Gasteiger partial charge < -0.3 is 16.0 Å². The zero-order valence-corrected chi connectivity index (χ0v) is 14.9. The van der Waals surface area contributed by atoms with Gasteiger partial charge in [-0.25, -0.2) is 4.79 Å². The molecule has 3 N–H and O–H groups in total. The third-order valence-electron chi connectivity index (χ3n) is 4.00. The van der Waals surface area contributed by atoms with Crippen LogP contribution in [0.25, 0.3) is 0 Å². The summed E-state index contributed by atoms with van der Waals surface area (Å²) in [5.41, 5.74) is 1.74. The van der Waals surface area contributed by atoms with Crippen LogP contribution in [-0.2, 0) is 0 Å². The van der Waals surface area contributed by atoms with Crippen LogP contribution >= 0.6 is 34.8 Å². The minimum Gasteiger partial charge on any atom is -0.333 e. The number of nitrogens with one attached hydrogen (secondary N) is 3. The molecule has 0 radical (unpaired) electrons. The van der Waals surface area contributed by atoms with Crippen molar-refractivity contribution in [2.24, 2.45) is 0 Å². The molecule has 0 aromatic heterocycles. The highest BCUT2D eigenvalue weighted by molar-refractivity contribution is 6.42. The lowest BCUT2D eigenvalue weighted by Crippen LogP contribution is -2.41. The van der Waals surface area contributed by atoms with E-state index < -0.39 is 0 Å². The minimum absolute atomic E-state index is 0.0328. The Bertz CT molecular complexity index is 736. The SMILES string of the molecule is O=C(Nc1ccc(Cl)cc1)N[C@@H]1CNC[C@H]1c1ccc(Cl)c(Cl)c1. The molecule has 24 heavy (non-hydrogen) atoms. The molecule has 0 unspecified atom stereocenters. The quantitative estimate of drug-likeness (QED) is 0.728. The first-order chi connectivity index (χ1) is 11.5. The Morgan fingerprint density at radius 1 is 1.00 bits per heavy atom. The zero-order chi connectivity index (χ0) is 17.1. The lowest BCUT2D eigenvalue weighted by molar-refractivity contribution is 0.248. The highest BCUT2D eigenvalue weighted by atomic mass is 35.5. The number of carbonyl (C=O) groups is 1. The third-order valence-corrected chi connectivity index (χ3v) is 5.00. The number of rotatable bonds is 3. The summed E-state index contributed by atoms with van der Waals surface area (Å²) in [7, 11) is 0. The van der Waals surface area contributed by atoms with E-state index in [0.717, 1.165) is 12.1 Å². The van der Waals surface area contributed by atoms with Gasteiger partial charge in [-0.05, 0) is 42.0 Å². The predicted octanol–water partition coefficient (Wildman–Crippen LogP) is 4.52. The number of carbonyl (C=O) groups excluding carboxylic acids is 1. The second-order valence-electron chi connectivity index (χ2n) is 5.65. The van der Waals surface area contributed by atoms with E-state index in [4.69, 9.17) is 34.8 Å². The number of amides is 2. The fourth-order valence-corrected chi connectivity index (χ4v) is 3.22. The summed E-state index contributed by atoms with van der Waals surface area (Å²) in [6.45, 7) is 1.46. The molecule has 0 aliphatic carbocycles. The summed E-state index contributed by atoms with van der Waals surface area (Å²) in [5.74, 6) is 0.135. The zero-order valence-electron chi connectivity index (χ0n) is 12.7. The van der Waals surface area contributed by atoms with Crippen molar-refractivity contribution in [2.75, 3.05) is 18.4 Å². The monoisotopic (exact) mass is 383 g/mol. The maximum atomic E-state index is 12.2. The van der Waals surface area contributed by atoms with Crippen LogP contribution in [-0.4, -0.2) is 25.2 Å². The normalized spacial score (nSPS) is 20.0. The predicted molar refractivity (Wildman–Crippen MR) is 99.5 cm³/mol. The summed E-state index contributed by atoms with van der Waals surface area (Å²) in [4.78, 5) is 12.2. The Balaban J connectivity index is 1.65. The van der Waals surface area contributed by atoms with Crippen LogP contribution in [0, 0.1) is 0 Å². The number of urea groups is 1. The molecule has 2 aromatic carbocycles. The lowest BCUT2D eigenvalue weighted by Gasteiger charge is -2.21. The molecule has 2 amide bonds. The standard InChI is InChI=1S/C17H16Cl3N3O/c18-11-2-4-12(5-3-11)22-17(24)23-16-9-21-8-13(16)10-1-6-14(19)15(20)7-10/h1-7,13,16,21H,8-9H2,(H2,22,23,24)/t13-,16+/m0/s1. The van der Waals surface area contributed by atoms with Crippen LogP contribution in [0.5, 0.6) is 0 Å². The largest absolute Gasteiger partial charge is 0.333 e. The molecular weight excluding hydrogens is 369 g/mol. The molecule has 1 fully saturated rings. The van der Waals surface area contributed by atoms with E-state index in [1.165, 1.54) is 0 Å². The average Bonchev–Trinajstić information content (AvgIpc) is 3.00. The number of hydrogen-bond donors (Lipinski definition) is 3. The summed E-state index contributed by atoms with van der Waals surface area (Å²) in [6.07, 6.45) is 0. The van der Waals surface area contributed by atoms with Crippen molar-refractivity contribution < 1.29 is 4.79 Å². The lowest BCUT2D eigenvalue weighted by atomic mass is 9.94. The molecule has 1 saturated heterocycles. The molecule has 1 aliphatic rings. The fourth-order valence-electron chi connectivity index (χ4n) is 2.79. The molecular formula is C17H16Cl3N3O. The number of halogens is 3. The second-order valence-corrected chi connectivity index (χ2v) is 6.90. The highest BCUT2D eigenvalue weighted by Crippen LogP contribution is 2.29. The molecule has 7 heteroatoms. The van der Waals surface area contributed by atoms with Gasteiger partial charge in [0.2, 0.25) is 0 Å². The first-order valence-electron chi connectivity index (χ1n) is 7.51. The van der Waals surface area contributed by atoms with E-state index >= 15 is 0 Å². The van der Waals surface area contributed by atoms with Gasteiger partial charge in [0.1, 0.15) is 0 Å². The van der Waals surface area contributed by atoms with Crippen molar-refractivity contribution in [2.45, 2.75) is 12.0 Å². The van der Waals surface area contributed by atoms with Crippen molar-refractivity contribution in [3.05, 3.63) is 63.1 Å². The molecule has 126 valence electrons. The van der Waals surface area contributed by atoms with E-state index in [0.29, 0.717) is 27.3 Å². The number of hydrogen-bond acceptors (Lipinski definition) is 2. The van der Waals surface area contributed by atoms with E-state index in [-0.39, 0.29) is 18.0 Å². The molecule has 0 spiro atoms. The van der Waals surface area contributed by atoms with Crippen LogP contribution in [0.1, 0.15) is 11.5 Å². The maximum absolute atomic E-state index is 12.2. The van der Waals surface area contributed by atoms with E-state index in [1.807, 2.05) is 12.1 Å². The van der Waals surface area contributed by atoms with E-state index in [2.05, 4.69) is 16.0 Å². The van der Waals surface area contributed by atoms with Gasteiger partial charge in [0.25, 0.3) is 0 Å². The van der Waals surface area contributed by atoms with Crippen LogP contribution in [0.4, 0.5) is 10.5 Å². The molecule has 4 nitrogen and oxygen atoms in total. The third kappa shape index (κ3) is 4.14. The van der Waals surface area contributed by atoms with Gasteiger partial charge >= 0.3 is 6.03 Å². The van der Waals surface area contributed by atoms with Crippen LogP contribution in [0.15, 0.2) is 42.5 Å². The molecule has 2 atom stereocenters. The summed E-state index contributed by atoms with van der Waals surface area (Å²) >= 11 is 17.9. The van der Waals surface area contributed by atoms with Gasteiger partial charge in [-0.2, -0.15) is 0 Å². The summed E-state index contributed by atoms with van der Waals surface area (Å²) < 4.78 is 0. The maximum Gasteiger partial charge on any atom is 0.319 e. The molecule has 0 saturated carbocycles. The van der Waals surface area contributed by atoms with Crippen LogP contribution in [0.3, 0.4) is 0 Å². The smallest absolute Gasteiger partial charge is 0.319 e. The van der Waals surface area contributed by atoms with E-state index in [1.54, 1.807) is 30.3 Å². The molecule has 1 heterocycles. The van der Waals surface area contributed by atoms with Crippen molar-refractivity contribution in [1.29, 1.82) is 0 Å². The molecule has 0 bridgehead atoms. The highest BCUT2D eigenvalue weighted by Gasteiger charge is 2.30. The van der Waals surface area contributed by atoms with Crippen LogP contribution < -0.4 is 16.0 Å². The number of anilines is 1. The summed E-state index contributed by atoms with van der Waals surface area (Å²) in [6, 6.07) is 12.3. The Kier molecular flexibility index (Phi) is 5.51. The Morgan fingerprint density at radius 3 is 2.46 bits per heavy atom. The van der Waals surface area contributed by atoms with Gasteiger partial charge in [-0.3, -0.25) is 0 Å². The fraction of sp³-hybridized carbons (Fsp3) is 0.235. The minimum atomic E-state index is -0.254. The van der Waals surface area contributed by atoms with E-state index in [9.17, 15) is 4.79 Å². The van der Waals surface area contributed by atoms with Gasteiger partial charge in [0.15, 0.2) is 0 Å². The Hall–Kier alpha value is -1.46. The Labute approximate surface area is 155 Å². The Morgan fingerprint density at radius 2 is 1.75 bits per heavy atom. The van der Waals surface area contributed by atoms with Crippen LogP contribution in [0.2, 0.25) is 15.1 Å². The van der Waals surface area contributed by atoms with Gasteiger partial charge in [0.05, 0.1) is 16.1 Å². The van der Waals surface area contributed by atoms with Gasteiger partial charge in [0, 0.05) is 29.7 Å². The van der Waals surface area contributed by atoms with Crippen molar-refractivity contribution in [1.82, 2.24) is 10.6 Å². The second kappa shape index (κ2) is 7.62. The van der Waals surface area contributed by atoms with Gasteiger partial charge in [-0.1, -0.05) is 40.9 Å².